The van der Waals surface area contributed by atoms with Crippen molar-refractivity contribution in [3.05, 3.63) is 48.5 Å². The molecule has 0 aliphatic rings. The number of aliphatic hydroxyl groups excluding tert-OH is 1. The second-order valence-corrected chi connectivity index (χ2v) is 7.02. The van der Waals surface area contributed by atoms with Crippen LogP contribution in [0.1, 0.15) is 22.1 Å². The number of hydrogen-bond donors (Lipinski definition) is 1. The van der Waals surface area contributed by atoms with Crippen LogP contribution in [0.25, 0.3) is 0 Å². The van der Waals surface area contributed by atoms with Crippen LogP contribution in [0.2, 0.25) is 0 Å². The molecule has 0 spiro atoms. The molecular weight excluding hydrogens is 380 g/mol. The Morgan fingerprint density at radius 2 is 1.83 bits per heavy atom. The van der Waals surface area contributed by atoms with E-state index in [1.54, 1.807) is 18.4 Å². The van der Waals surface area contributed by atoms with E-state index >= 15 is 0 Å². The summed E-state index contributed by atoms with van der Waals surface area (Å²) in [6, 6.07) is 7.45. The van der Waals surface area contributed by atoms with E-state index in [4.69, 9.17) is 4.74 Å². The number of aliphatic hydroxyl groups is 1. The van der Waals surface area contributed by atoms with E-state index in [0.29, 0.717) is 0 Å². The van der Waals surface area contributed by atoms with Gasteiger partial charge in [-0.1, -0.05) is 12.1 Å². The Bertz CT molecular complexity index is 549. The number of benzene rings is 1. The van der Waals surface area contributed by atoms with Gasteiger partial charge in [-0.25, -0.2) is 0 Å². The second kappa shape index (κ2) is 5.74. The summed E-state index contributed by atoms with van der Waals surface area (Å²) >= 11 is 8.55. The summed E-state index contributed by atoms with van der Waals surface area (Å²) in [7, 11) is 1.63. The Labute approximate surface area is 127 Å². The zero-order chi connectivity index (χ0) is 13.3. The Hall–Kier alpha value is -0.360. The van der Waals surface area contributed by atoms with E-state index in [1.165, 1.54) is 0 Å². The van der Waals surface area contributed by atoms with Crippen molar-refractivity contribution in [3.8, 4) is 5.75 Å². The van der Waals surface area contributed by atoms with Gasteiger partial charge < -0.3 is 9.84 Å². The molecule has 0 radical (unpaired) electrons. The van der Waals surface area contributed by atoms with Crippen molar-refractivity contribution >= 4 is 43.2 Å². The summed E-state index contributed by atoms with van der Waals surface area (Å²) in [5.74, 6) is 0.786. The summed E-state index contributed by atoms with van der Waals surface area (Å²) in [5, 5.41) is 10.4. The molecular formula is C13H12Br2O2S. The first-order valence-electron chi connectivity index (χ1n) is 5.31. The molecule has 1 atom stereocenters. The minimum absolute atomic E-state index is 0.625. The Morgan fingerprint density at radius 3 is 2.28 bits per heavy atom. The van der Waals surface area contributed by atoms with Crippen molar-refractivity contribution in [2.75, 3.05) is 7.11 Å². The molecule has 1 N–H and O–H groups in total. The summed E-state index contributed by atoms with van der Waals surface area (Å²) in [6.45, 7) is 2.01. The molecule has 0 saturated heterocycles. The first kappa shape index (κ1) is 14.1. The molecule has 96 valence electrons. The number of methoxy groups -OCH3 is 1. The van der Waals surface area contributed by atoms with E-state index in [2.05, 4.69) is 31.9 Å². The van der Waals surface area contributed by atoms with Crippen molar-refractivity contribution in [3.63, 3.8) is 0 Å². The van der Waals surface area contributed by atoms with E-state index in [0.717, 1.165) is 30.0 Å². The van der Waals surface area contributed by atoms with Gasteiger partial charge in [-0.05, 0) is 62.0 Å². The lowest BCUT2D eigenvalue weighted by Gasteiger charge is -2.10. The van der Waals surface area contributed by atoms with E-state index in [-0.39, 0.29) is 0 Å². The lowest BCUT2D eigenvalue weighted by Crippen LogP contribution is -1.98. The quantitative estimate of drug-likeness (QED) is 0.823. The van der Waals surface area contributed by atoms with Gasteiger partial charge in [0, 0.05) is 4.47 Å². The maximum absolute atomic E-state index is 10.4. The van der Waals surface area contributed by atoms with Crippen LogP contribution in [0.15, 0.2) is 32.5 Å². The van der Waals surface area contributed by atoms with Gasteiger partial charge in [0.1, 0.15) is 11.9 Å². The first-order valence-corrected chi connectivity index (χ1v) is 7.71. The number of thiophene rings is 1. The van der Waals surface area contributed by atoms with Crippen molar-refractivity contribution in [1.82, 2.24) is 0 Å². The molecule has 5 heteroatoms. The molecule has 0 bridgehead atoms. The van der Waals surface area contributed by atoms with E-state index in [1.807, 2.05) is 31.2 Å². The average Bonchev–Trinajstić information content (AvgIpc) is 2.66. The summed E-state index contributed by atoms with van der Waals surface area (Å²) in [5.41, 5.74) is 1.97. The molecule has 1 heterocycles. The fraction of sp³-hybridized carbons (Fsp3) is 0.231. The molecule has 0 aliphatic carbocycles. The molecule has 0 fully saturated rings. The number of ether oxygens (including phenoxy) is 1. The fourth-order valence-electron chi connectivity index (χ4n) is 1.60. The highest BCUT2D eigenvalue weighted by atomic mass is 79.9. The van der Waals surface area contributed by atoms with Gasteiger partial charge in [-0.3, -0.25) is 0 Å². The Morgan fingerprint density at radius 1 is 1.22 bits per heavy atom. The topological polar surface area (TPSA) is 29.5 Å². The largest absolute Gasteiger partial charge is 0.497 e. The van der Waals surface area contributed by atoms with Gasteiger partial charge >= 0.3 is 0 Å². The molecule has 2 rings (SSSR count). The Kier molecular flexibility index (Phi) is 4.48. The van der Waals surface area contributed by atoms with Gasteiger partial charge in [0.2, 0.25) is 0 Å². The number of halogens is 2. The first-order chi connectivity index (χ1) is 8.54. The predicted molar refractivity (Wildman–Crippen MR) is 81.5 cm³/mol. The second-order valence-electron chi connectivity index (χ2n) is 3.85. The zero-order valence-electron chi connectivity index (χ0n) is 9.91. The van der Waals surface area contributed by atoms with Crippen LogP contribution in [0.5, 0.6) is 5.75 Å². The van der Waals surface area contributed by atoms with Gasteiger partial charge in [0.05, 0.1) is 15.8 Å². The van der Waals surface area contributed by atoms with Crippen molar-refractivity contribution in [2.24, 2.45) is 0 Å². The third kappa shape index (κ3) is 2.64. The lowest BCUT2D eigenvalue weighted by molar-refractivity contribution is 0.223. The smallest absolute Gasteiger partial charge is 0.118 e. The molecule has 2 nitrogen and oxygen atoms in total. The number of hydrogen-bond acceptors (Lipinski definition) is 3. The molecule has 1 aromatic carbocycles. The minimum Gasteiger partial charge on any atom is -0.497 e. The maximum atomic E-state index is 10.4. The van der Waals surface area contributed by atoms with Crippen LogP contribution in [0.4, 0.5) is 0 Å². The average molecular weight is 392 g/mol. The van der Waals surface area contributed by atoms with Gasteiger partial charge in [0.25, 0.3) is 0 Å². The van der Waals surface area contributed by atoms with Crippen LogP contribution in [0, 0.1) is 6.92 Å². The molecule has 0 aliphatic heterocycles. The monoisotopic (exact) mass is 390 g/mol. The fourth-order valence-corrected chi connectivity index (χ4v) is 4.32. The highest BCUT2D eigenvalue weighted by Gasteiger charge is 2.19. The van der Waals surface area contributed by atoms with Crippen LogP contribution < -0.4 is 4.74 Å². The van der Waals surface area contributed by atoms with Crippen LogP contribution >= 0.6 is 43.2 Å². The summed E-state index contributed by atoms with van der Waals surface area (Å²) in [6.07, 6.45) is -0.625. The molecule has 0 saturated carbocycles. The highest BCUT2D eigenvalue weighted by molar-refractivity contribution is 9.11. The third-order valence-corrected chi connectivity index (χ3v) is 6.22. The highest BCUT2D eigenvalue weighted by Crippen LogP contribution is 2.41. The summed E-state index contributed by atoms with van der Waals surface area (Å²) in [4.78, 5) is 0.907. The predicted octanol–water partition coefficient (Wildman–Crippen LogP) is 4.67. The SMILES string of the molecule is COc1ccc(C(O)c2sc(Br)c(C)c2Br)cc1. The van der Waals surface area contributed by atoms with Crippen LogP contribution in [-0.4, -0.2) is 12.2 Å². The van der Waals surface area contributed by atoms with Gasteiger partial charge in [-0.2, -0.15) is 0 Å². The minimum atomic E-state index is -0.625. The van der Waals surface area contributed by atoms with Crippen molar-refractivity contribution < 1.29 is 9.84 Å². The zero-order valence-corrected chi connectivity index (χ0v) is 13.9. The van der Waals surface area contributed by atoms with Gasteiger partial charge in [-0.15, -0.1) is 11.3 Å². The molecule has 1 unspecified atom stereocenters. The standard InChI is InChI=1S/C13H12Br2O2S/c1-7-10(14)12(18-13(7)15)11(16)8-3-5-9(17-2)6-4-8/h3-6,11,16H,1-2H3. The molecule has 1 aromatic heterocycles. The molecule has 18 heavy (non-hydrogen) atoms. The molecule has 2 aromatic rings. The number of rotatable bonds is 3. The van der Waals surface area contributed by atoms with Crippen LogP contribution in [-0.2, 0) is 0 Å². The normalized spacial score (nSPS) is 12.5. The third-order valence-electron chi connectivity index (χ3n) is 2.72. The Balaban J connectivity index is 2.34. The van der Waals surface area contributed by atoms with E-state index < -0.39 is 6.10 Å². The van der Waals surface area contributed by atoms with Gasteiger partial charge in [0.15, 0.2) is 0 Å². The van der Waals surface area contributed by atoms with E-state index in [9.17, 15) is 5.11 Å². The van der Waals surface area contributed by atoms with Crippen LogP contribution in [0.3, 0.4) is 0 Å². The maximum Gasteiger partial charge on any atom is 0.118 e. The lowest BCUT2D eigenvalue weighted by atomic mass is 10.1. The van der Waals surface area contributed by atoms with Crippen molar-refractivity contribution in [1.29, 1.82) is 0 Å². The molecule has 0 amide bonds. The summed E-state index contributed by atoms with van der Waals surface area (Å²) < 4.78 is 7.11. The van der Waals surface area contributed by atoms with Crippen molar-refractivity contribution in [2.45, 2.75) is 13.0 Å².